The Morgan fingerprint density at radius 2 is 2.10 bits per heavy atom. The first-order chi connectivity index (χ1) is 9.42. The fraction of sp³-hybridized carbons (Fsp3) is 0.308. The lowest BCUT2D eigenvalue weighted by Gasteiger charge is -2.12. The fourth-order valence-corrected chi connectivity index (χ4v) is 3.87. The van der Waals surface area contributed by atoms with Crippen LogP contribution in [0.1, 0.15) is 23.5 Å². The van der Waals surface area contributed by atoms with Crippen LogP contribution in [0.15, 0.2) is 34.7 Å². The van der Waals surface area contributed by atoms with Crippen LogP contribution >= 0.6 is 11.3 Å². The molecule has 0 aliphatic rings. The summed E-state index contributed by atoms with van der Waals surface area (Å²) in [4.78, 5) is 3.97. The summed E-state index contributed by atoms with van der Waals surface area (Å²) in [5, 5.41) is 3.85. The average molecular weight is 311 g/mol. The minimum Gasteiger partial charge on any atom is -0.313 e. The molecule has 0 spiro atoms. The van der Waals surface area contributed by atoms with Gasteiger partial charge in [-0.2, -0.15) is 0 Å². The Morgan fingerprint density at radius 1 is 1.35 bits per heavy atom. The zero-order chi connectivity index (χ0) is 14.8. The van der Waals surface area contributed by atoms with Crippen molar-refractivity contribution in [1.82, 2.24) is 10.3 Å². The van der Waals surface area contributed by atoms with Crippen LogP contribution in [-0.4, -0.2) is 20.4 Å². The molecule has 1 unspecified atom stereocenters. The molecular weight excluding hydrogens is 294 g/mol. The van der Waals surface area contributed by atoms with E-state index in [0.717, 1.165) is 21.9 Å². The van der Waals surface area contributed by atoms with Gasteiger partial charge >= 0.3 is 0 Å². The molecule has 0 bridgehead atoms. The third kappa shape index (κ3) is 3.36. The molecule has 0 fully saturated rings. The van der Waals surface area contributed by atoms with Gasteiger partial charge in [0, 0.05) is 11.7 Å². The van der Waals surface area contributed by atoms with Gasteiger partial charge in [0.05, 0.1) is 11.2 Å². The normalized spacial score (nSPS) is 13.2. The molecule has 1 aromatic heterocycles. The summed E-state index contributed by atoms with van der Waals surface area (Å²) in [6.45, 7) is 3.79. The van der Waals surface area contributed by atoms with E-state index in [1.54, 1.807) is 13.0 Å². The van der Waals surface area contributed by atoms with E-state index in [0.29, 0.717) is 5.69 Å². The van der Waals surface area contributed by atoms with E-state index in [4.69, 9.17) is 0 Å². The molecular formula is C13H17N3O2S2. The molecule has 0 saturated heterocycles. The first kappa shape index (κ1) is 15.0. The van der Waals surface area contributed by atoms with Crippen molar-refractivity contribution in [2.45, 2.75) is 24.1 Å². The van der Waals surface area contributed by atoms with Gasteiger partial charge in [-0.15, -0.1) is 11.3 Å². The summed E-state index contributed by atoms with van der Waals surface area (Å²) >= 11 is 1.16. The highest BCUT2D eigenvalue weighted by atomic mass is 32.2. The minimum atomic E-state index is -3.56. The van der Waals surface area contributed by atoms with Crippen molar-refractivity contribution < 1.29 is 8.42 Å². The number of aryl methyl sites for hydroxylation is 1. The molecule has 2 rings (SSSR count). The summed E-state index contributed by atoms with van der Waals surface area (Å²) in [5.41, 5.74) is 1.57. The number of nitrogens with zero attached hydrogens (tertiary/aromatic N) is 1. The van der Waals surface area contributed by atoms with Gasteiger partial charge in [-0.05, 0) is 38.6 Å². The molecule has 7 heteroatoms. The Hall–Kier alpha value is -1.44. The average Bonchev–Trinajstić information content (AvgIpc) is 2.85. The molecule has 1 atom stereocenters. The maximum atomic E-state index is 12.2. The van der Waals surface area contributed by atoms with Crippen LogP contribution in [0, 0.1) is 6.92 Å². The number of aromatic nitrogens is 1. The van der Waals surface area contributed by atoms with Crippen molar-refractivity contribution in [2.75, 3.05) is 11.8 Å². The minimum absolute atomic E-state index is 0.158. The zero-order valence-corrected chi connectivity index (χ0v) is 13.2. The zero-order valence-electron chi connectivity index (χ0n) is 11.5. The lowest BCUT2D eigenvalue weighted by Crippen LogP contribution is -2.14. The lowest BCUT2D eigenvalue weighted by molar-refractivity contribution is 0.603. The van der Waals surface area contributed by atoms with Crippen LogP contribution in [0.25, 0.3) is 0 Å². The van der Waals surface area contributed by atoms with Crippen LogP contribution in [0.3, 0.4) is 0 Å². The van der Waals surface area contributed by atoms with E-state index in [2.05, 4.69) is 15.0 Å². The number of rotatable bonds is 5. The summed E-state index contributed by atoms with van der Waals surface area (Å²) in [6, 6.07) is 7.50. The third-order valence-electron chi connectivity index (χ3n) is 2.94. The standard InChI is InChI=1S/C13H17N3O2S2/c1-9(14-3)11-5-4-6-12(7-11)16-20(17,18)13-8-15-10(2)19-13/h4-9,14,16H,1-3H3. The van der Waals surface area contributed by atoms with Gasteiger partial charge in [-0.3, -0.25) is 4.72 Å². The van der Waals surface area contributed by atoms with Gasteiger partial charge in [-0.1, -0.05) is 12.1 Å². The van der Waals surface area contributed by atoms with Crippen LogP contribution in [-0.2, 0) is 10.0 Å². The smallest absolute Gasteiger partial charge is 0.273 e. The monoisotopic (exact) mass is 311 g/mol. The second-order valence-electron chi connectivity index (χ2n) is 4.44. The second kappa shape index (κ2) is 5.90. The highest BCUT2D eigenvalue weighted by Gasteiger charge is 2.17. The number of anilines is 1. The largest absolute Gasteiger partial charge is 0.313 e. The van der Waals surface area contributed by atoms with Crippen molar-refractivity contribution >= 4 is 27.0 Å². The van der Waals surface area contributed by atoms with Crippen LogP contribution in [0.2, 0.25) is 0 Å². The Balaban J connectivity index is 2.26. The van der Waals surface area contributed by atoms with Crippen LogP contribution < -0.4 is 10.0 Å². The molecule has 0 radical (unpaired) electrons. The van der Waals surface area contributed by atoms with Gasteiger partial charge in [0.15, 0.2) is 4.21 Å². The molecule has 0 saturated carbocycles. The molecule has 0 aliphatic carbocycles. The Kier molecular flexibility index (Phi) is 4.42. The highest BCUT2D eigenvalue weighted by Crippen LogP contribution is 2.23. The molecule has 2 aromatic rings. The molecule has 0 amide bonds. The van der Waals surface area contributed by atoms with Gasteiger partial charge < -0.3 is 5.32 Å². The van der Waals surface area contributed by atoms with Crippen molar-refractivity contribution in [3.8, 4) is 0 Å². The van der Waals surface area contributed by atoms with Gasteiger partial charge in [-0.25, -0.2) is 13.4 Å². The predicted octanol–water partition coefficient (Wildman–Crippen LogP) is 2.53. The van der Waals surface area contributed by atoms with E-state index in [1.807, 2.05) is 32.2 Å². The topological polar surface area (TPSA) is 71.1 Å². The van der Waals surface area contributed by atoms with Crippen molar-refractivity contribution in [1.29, 1.82) is 0 Å². The molecule has 0 aliphatic heterocycles. The number of sulfonamides is 1. The van der Waals surface area contributed by atoms with Crippen LogP contribution in [0.4, 0.5) is 5.69 Å². The Bertz CT molecular complexity index is 695. The fourth-order valence-electron chi connectivity index (χ4n) is 1.71. The number of thiazole rings is 1. The van der Waals surface area contributed by atoms with Gasteiger partial charge in [0.2, 0.25) is 0 Å². The number of hydrogen-bond acceptors (Lipinski definition) is 5. The lowest BCUT2D eigenvalue weighted by atomic mass is 10.1. The SMILES string of the molecule is CNC(C)c1cccc(NS(=O)(=O)c2cnc(C)s2)c1. The molecule has 5 nitrogen and oxygen atoms in total. The van der Waals surface area contributed by atoms with Crippen LogP contribution in [0.5, 0.6) is 0 Å². The van der Waals surface area contributed by atoms with E-state index in [9.17, 15) is 8.42 Å². The summed E-state index contributed by atoms with van der Waals surface area (Å²) < 4.78 is 27.2. The first-order valence-corrected chi connectivity index (χ1v) is 8.45. The predicted molar refractivity (Wildman–Crippen MR) is 81.6 cm³/mol. The molecule has 108 valence electrons. The Labute approximate surface area is 123 Å². The third-order valence-corrected chi connectivity index (χ3v) is 5.69. The van der Waals surface area contributed by atoms with Gasteiger partial charge in [0.1, 0.15) is 0 Å². The molecule has 1 heterocycles. The quantitative estimate of drug-likeness (QED) is 0.890. The Morgan fingerprint density at radius 3 is 2.70 bits per heavy atom. The molecule has 20 heavy (non-hydrogen) atoms. The maximum absolute atomic E-state index is 12.2. The van der Waals surface area contributed by atoms with Crippen molar-refractivity contribution in [2.24, 2.45) is 0 Å². The number of benzene rings is 1. The van der Waals surface area contributed by atoms with Crippen molar-refractivity contribution in [3.63, 3.8) is 0 Å². The number of nitrogens with one attached hydrogen (secondary N) is 2. The first-order valence-electron chi connectivity index (χ1n) is 6.15. The summed E-state index contributed by atoms with van der Waals surface area (Å²) in [7, 11) is -1.69. The summed E-state index contributed by atoms with van der Waals surface area (Å²) in [6.07, 6.45) is 1.38. The van der Waals surface area contributed by atoms with E-state index < -0.39 is 10.0 Å². The molecule has 1 aromatic carbocycles. The highest BCUT2D eigenvalue weighted by molar-refractivity contribution is 7.94. The molecule has 2 N–H and O–H groups in total. The maximum Gasteiger partial charge on any atom is 0.273 e. The second-order valence-corrected chi connectivity index (χ2v) is 7.58. The van der Waals surface area contributed by atoms with E-state index in [-0.39, 0.29) is 10.3 Å². The summed E-state index contributed by atoms with van der Waals surface area (Å²) in [5.74, 6) is 0. The number of hydrogen-bond donors (Lipinski definition) is 2. The van der Waals surface area contributed by atoms with E-state index in [1.165, 1.54) is 6.20 Å². The van der Waals surface area contributed by atoms with Crippen molar-refractivity contribution in [3.05, 3.63) is 41.0 Å². The van der Waals surface area contributed by atoms with Gasteiger partial charge in [0.25, 0.3) is 10.0 Å². The van der Waals surface area contributed by atoms with E-state index >= 15 is 0 Å².